The molecule has 0 atom stereocenters. The largest absolute Gasteiger partial charge is 0.465 e. The van der Waals surface area contributed by atoms with Crippen LogP contribution in [0.25, 0.3) is 21.8 Å². The summed E-state index contributed by atoms with van der Waals surface area (Å²) in [5.41, 5.74) is 15.3. The Morgan fingerprint density at radius 3 is 1.94 bits per heavy atom. The van der Waals surface area contributed by atoms with Crippen molar-refractivity contribution in [2.24, 2.45) is 0 Å². The summed E-state index contributed by atoms with van der Waals surface area (Å²) in [5.74, 6) is 0.211. The Kier molecular flexibility index (Phi) is 9.55. The molecule has 7 aromatic rings. The van der Waals surface area contributed by atoms with Crippen LogP contribution in [0.5, 0.6) is 0 Å². The molecular weight excluding hydrogens is 604 g/mol. The summed E-state index contributed by atoms with van der Waals surface area (Å²) in [6, 6.07) is 39.8. The molecule has 246 valence electrons. The highest BCUT2D eigenvalue weighted by Gasteiger charge is 2.21. The van der Waals surface area contributed by atoms with Gasteiger partial charge >= 0.3 is 5.97 Å². The molecule has 1 saturated carbocycles. The molecule has 0 aliphatic heterocycles. The van der Waals surface area contributed by atoms with Gasteiger partial charge in [-0.2, -0.15) is 0 Å². The predicted molar refractivity (Wildman–Crippen MR) is 199 cm³/mol. The minimum atomic E-state index is -0.303. The number of methoxy groups -OCH3 is 1. The number of aromatic nitrogens is 3. The van der Waals surface area contributed by atoms with Gasteiger partial charge in [-0.25, -0.2) is 4.79 Å². The molecule has 8 rings (SSSR count). The highest BCUT2D eigenvalue weighted by atomic mass is 16.5. The lowest BCUT2D eigenvalue weighted by Gasteiger charge is -2.14. The molecule has 0 bridgehead atoms. The lowest BCUT2D eigenvalue weighted by molar-refractivity contribution is 0.0599. The van der Waals surface area contributed by atoms with E-state index in [1.165, 1.54) is 71.3 Å². The number of carbonyl (C=O) groups excluding carboxylic acids is 1. The molecule has 1 aliphatic carbocycles. The first-order valence-electron chi connectivity index (χ1n) is 17.1. The number of nitrogens with two attached hydrogens (primary N) is 1. The van der Waals surface area contributed by atoms with Gasteiger partial charge in [-0.3, -0.25) is 4.98 Å². The van der Waals surface area contributed by atoms with Crippen LogP contribution in [-0.2, 0) is 24.2 Å². The van der Waals surface area contributed by atoms with Gasteiger partial charge in [0, 0.05) is 60.2 Å². The van der Waals surface area contributed by atoms with Crippen molar-refractivity contribution in [3.63, 3.8) is 0 Å². The average molecular weight is 647 g/mol. The van der Waals surface area contributed by atoms with Gasteiger partial charge in [0.2, 0.25) is 0 Å². The summed E-state index contributed by atoms with van der Waals surface area (Å²) in [6.45, 7) is 1.74. The van der Waals surface area contributed by atoms with E-state index in [0.29, 0.717) is 17.9 Å². The van der Waals surface area contributed by atoms with Crippen LogP contribution in [0.2, 0.25) is 0 Å². The van der Waals surface area contributed by atoms with Crippen molar-refractivity contribution in [1.29, 1.82) is 0 Å². The normalized spacial score (nSPS) is 13.0. The smallest absolute Gasteiger partial charge is 0.339 e. The van der Waals surface area contributed by atoms with Gasteiger partial charge < -0.3 is 19.6 Å². The zero-order chi connectivity index (χ0) is 33.6. The van der Waals surface area contributed by atoms with Crippen LogP contribution in [0.15, 0.2) is 134 Å². The van der Waals surface area contributed by atoms with Crippen LogP contribution in [-0.4, -0.2) is 27.2 Å². The topological polar surface area (TPSA) is 75.1 Å². The highest BCUT2D eigenvalue weighted by molar-refractivity contribution is 5.91. The third kappa shape index (κ3) is 7.44. The van der Waals surface area contributed by atoms with Gasteiger partial charge in [-0.15, -0.1) is 0 Å². The molecule has 0 saturated heterocycles. The molecule has 0 spiro atoms. The zero-order valence-electron chi connectivity index (χ0n) is 28.0. The second-order valence-electron chi connectivity index (χ2n) is 13.0. The van der Waals surface area contributed by atoms with E-state index in [1.807, 2.05) is 36.5 Å². The molecule has 1 fully saturated rings. The quantitative estimate of drug-likeness (QED) is 0.132. The van der Waals surface area contributed by atoms with E-state index in [2.05, 4.69) is 106 Å². The van der Waals surface area contributed by atoms with E-state index < -0.39 is 0 Å². The van der Waals surface area contributed by atoms with Gasteiger partial charge in [0.15, 0.2) is 0 Å². The Morgan fingerprint density at radius 2 is 1.33 bits per heavy atom. The molecule has 6 heteroatoms. The third-order valence-corrected chi connectivity index (χ3v) is 9.62. The number of anilines is 1. The number of carbonyl (C=O) groups is 1. The van der Waals surface area contributed by atoms with Crippen molar-refractivity contribution in [3.8, 4) is 0 Å². The number of hydrogen-bond acceptors (Lipinski definition) is 4. The Morgan fingerprint density at radius 1 is 0.735 bits per heavy atom. The van der Waals surface area contributed by atoms with E-state index in [1.54, 1.807) is 0 Å². The molecule has 2 N–H and O–H groups in total. The van der Waals surface area contributed by atoms with Gasteiger partial charge in [0.25, 0.3) is 0 Å². The molecule has 49 heavy (non-hydrogen) atoms. The number of rotatable bonds is 8. The van der Waals surface area contributed by atoms with Gasteiger partial charge in [-0.1, -0.05) is 79.6 Å². The maximum Gasteiger partial charge on any atom is 0.339 e. The fraction of sp³-hybridized carbons (Fsp3) is 0.209. The summed E-state index contributed by atoms with van der Waals surface area (Å²) >= 11 is 0. The Bertz CT molecular complexity index is 2180. The minimum Gasteiger partial charge on any atom is -0.465 e. The molecule has 6 nitrogen and oxygen atoms in total. The first-order valence-corrected chi connectivity index (χ1v) is 17.1. The molecule has 0 amide bonds. The number of ether oxygens (including phenoxy) is 1. The number of nitrogens with zero attached hydrogens (tertiary/aromatic N) is 3. The molecule has 4 aromatic carbocycles. The van der Waals surface area contributed by atoms with Crippen molar-refractivity contribution in [3.05, 3.63) is 167 Å². The van der Waals surface area contributed by atoms with E-state index in [9.17, 15) is 4.79 Å². The Hall–Kier alpha value is -5.62. The van der Waals surface area contributed by atoms with Crippen molar-refractivity contribution in [1.82, 2.24) is 14.1 Å². The number of nitrogen functional groups attached to an aromatic ring is 1. The first-order chi connectivity index (χ1) is 24.0. The summed E-state index contributed by atoms with van der Waals surface area (Å²) in [5, 5.41) is 2.39. The Balaban J connectivity index is 0.000000186. The van der Waals surface area contributed by atoms with Crippen molar-refractivity contribution in [2.75, 3.05) is 12.8 Å². The Labute approximate surface area is 287 Å². The van der Waals surface area contributed by atoms with Crippen LogP contribution in [0.1, 0.15) is 69.9 Å². The molecule has 0 radical (unpaired) electrons. The first kappa shape index (κ1) is 32.0. The lowest BCUT2D eigenvalue weighted by atomic mass is 9.95. The fourth-order valence-electron chi connectivity index (χ4n) is 7.03. The molecule has 1 aliphatic rings. The number of fused-ring (bicyclic) bond motifs is 2. The predicted octanol–water partition coefficient (Wildman–Crippen LogP) is 9.39. The van der Waals surface area contributed by atoms with Crippen LogP contribution in [0.4, 0.5) is 5.69 Å². The standard InChI is InChI=1S/C28H28N2O2.C15H14N2/c1-32-28(31)25-17-24(22-9-5-6-10-22)18-29-26(25)16-21-11-12-27-23(15-21)13-14-30(27)19-20-7-3-2-4-8-20;16-14-6-7-15-13(10-14)8-9-17(15)11-12-4-2-1-3-5-12/h2-4,7-8,11-15,17-18,22H,5-6,9-10,16,19H2,1H3;1-10H,11,16H2. The third-order valence-electron chi connectivity index (χ3n) is 9.62. The molecule has 3 heterocycles. The SMILES string of the molecule is COC(=O)c1cc(C2CCCC2)cnc1Cc1ccc2c(ccn2Cc2ccccc2)c1.Nc1ccc2c(ccn2Cc2ccccc2)c1. The van der Waals surface area contributed by atoms with Crippen LogP contribution in [0.3, 0.4) is 0 Å². The highest BCUT2D eigenvalue weighted by Crippen LogP contribution is 2.34. The van der Waals surface area contributed by atoms with Crippen LogP contribution >= 0.6 is 0 Å². The summed E-state index contributed by atoms with van der Waals surface area (Å²) < 4.78 is 9.59. The van der Waals surface area contributed by atoms with E-state index in [0.717, 1.165) is 30.0 Å². The maximum atomic E-state index is 12.5. The van der Waals surface area contributed by atoms with E-state index >= 15 is 0 Å². The number of pyridine rings is 1. The van der Waals surface area contributed by atoms with E-state index in [4.69, 9.17) is 15.5 Å². The molecule has 3 aromatic heterocycles. The van der Waals surface area contributed by atoms with Crippen molar-refractivity contribution in [2.45, 2.75) is 51.1 Å². The summed E-state index contributed by atoms with van der Waals surface area (Å²) in [7, 11) is 1.44. The summed E-state index contributed by atoms with van der Waals surface area (Å²) in [6.07, 6.45) is 11.7. The van der Waals surface area contributed by atoms with Crippen LogP contribution in [0, 0.1) is 0 Å². The number of esters is 1. The van der Waals surface area contributed by atoms with Gasteiger partial charge in [-0.05, 0) is 94.9 Å². The average Bonchev–Trinajstić information content (AvgIpc) is 3.91. The van der Waals surface area contributed by atoms with Crippen LogP contribution < -0.4 is 5.73 Å². The second-order valence-corrected chi connectivity index (χ2v) is 13.0. The fourth-order valence-corrected chi connectivity index (χ4v) is 7.03. The number of benzene rings is 4. The van der Waals surface area contributed by atoms with Crippen molar-refractivity contribution < 1.29 is 9.53 Å². The monoisotopic (exact) mass is 646 g/mol. The van der Waals surface area contributed by atoms with Gasteiger partial charge in [0.05, 0.1) is 18.4 Å². The second kappa shape index (κ2) is 14.7. The lowest BCUT2D eigenvalue weighted by Crippen LogP contribution is -2.10. The zero-order valence-corrected chi connectivity index (χ0v) is 28.0. The van der Waals surface area contributed by atoms with Gasteiger partial charge in [0.1, 0.15) is 0 Å². The van der Waals surface area contributed by atoms with E-state index in [-0.39, 0.29) is 5.97 Å². The number of hydrogen-bond donors (Lipinski definition) is 1. The molecular formula is C43H42N4O2. The summed E-state index contributed by atoms with van der Waals surface area (Å²) in [4.78, 5) is 17.2. The van der Waals surface area contributed by atoms with Crippen molar-refractivity contribution >= 4 is 33.5 Å². The molecule has 0 unspecified atom stereocenters. The maximum absolute atomic E-state index is 12.5. The minimum absolute atomic E-state index is 0.303.